The van der Waals surface area contributed by atoms with Gasteiger partial charge in [-0.1, -0.05) is 41.9 Å². The summed E-state index contributed by atoms with van der Waals surface area (Å²) in [4.78, 5) is 3.66. The molecular formula is C21H22ClN3OS. The number of halogens is 1. The molecular weight excluding hydrogens is 378 g/mol. The first kappa shape index (κ1) is 17.3. The molecule has 6 rings (SSSR count). The lowest BCUT2D eigenvalue weighted by molar-refractivity contribution is 0.0505. The second kappa shape index (κ2) is 7.30. The second-order valence-electron chi connectivity index (χ2n) is 7.41. The molecule has 3 aromatic rings. The molecule has 0 N–H and O–H groups in total. The van der Waals surface area contributed by atoms with Gasteiger partial charge in [0.15, 0.2) is 0 Å². The van der Waals surface area contributed by atoms with E-state index in [1.165, 1.54) is 25.9 Å². The van der Waals surface area contributed by atoms with E-state index in [2.05, 4.69) is 34.0 Å². The highest BCUT2D eigenvalue weighted by atomic mass is 35.5. The first-order chi connectivity index (χ1) is 13.3. The molecule has 1 atom stereocenters. The van der Waals surface area contributed by atoms with Crippen molar-refractivity contribution >= 4 is 22.9 Å². The summed E-state index contributed by atoms with van der Waals surface area (Å²) in [7, 11) is 0. The SMILES string of the molecule is Clc1ccc(-c2cn(C3CN4CCC3CC4)nc2OCc2ccccc2)s1. The second-order valence-corrected chi connectivity index (χ2v) is 9.13. The summed E-state index contributed by atoms with van der Waals surface area (Å²) in [5.41, 5.74) is 2.18. The monoisotopic (exact) mass is 399 g/mol. The van der Waals surface area contributed by atoms with Crippen LogP contribution >= 0.6 is 22.9 Å². The number of piperidine rings is 3. The third-order valence-electron chi connectivity index (χ3n) is 5.72. The Kier molecular flexibility index (Phi) is 4.68. The van der Waals surface area contributed by atoms with Crippen LogP contribution in [0.3, 0.4) is 0 Å². The third kappa shape index (κ3) is 3.51. The molecule has 27 heavy (non-hydrogen) atoms. The van der Waals surface area contributed by atoms with E-state index < -0.39 is 0 Å². The number of hydrogen-bond acceptors (Lipinski definition) is 4. The van der Waals surface area contributed by atoms with Crippen LogP contribution in [0.4, 0.5) is 0 Å². The molecule has 2 aromatic heterocycles. The van der Waals surface area contributed by atoms with E-state index in [1.807, 2.05) is 24.3 Å². The van der Waals surface area contributed by atoms with Gasteiger partial charge in [0.05, 0.1) is 15.9 Å². The van der Waals surface area contributed by atoms with Crippen LogP contribution in [-0.2, 0) is 6.61 Å². The molecule has 3 aliphatic rings. The lowest BCUT2D eigenvalue weighted by Crippen LogP contribution is -2.48. The fraction of sp³-hybridized carbons (Fsp3) is 0.381. The molecule has 5 heterocycles. The van der Waals surface area contributed by atoms with Crippen molar-refractivity contribution in [1.29, 1.82) is 0 Å². The smallest absolute Gasteiger partial charge is 0.241 e. The number of thiophene rings is 1. The van der Waals surface area contributed by atoms with Gasteiger partial charge in [-0.25, -0.2) is 0 Å². The van der Waals surface area contributed by atoms with Crippen LogP contribution in [0.5, 0.6) is 5.88 Å². The van der Waals surface area contributed by atoms with E-state index in [1.54, 1.807) is 11.3 Å². The average Bonchev–Trinajstić information content (AvgIpc) is 3.34. The van der Waals surface area contributed by atoms with Gasteiger partial charge >= 0.3 is 0 Å². The van der Waals surface area contributed by atoms with Gasteiger partial charge in [-0.2, -0.15) is 0 Å². The predicted octanol–water partition coefficient (Wildman–Crippen LogP) is 5.11. The number of rotatable bonds is 5. The quantitative estimate of drug-likeness (QED) is 0.597. The minimum atomic E-state index is 0.441. The Bertz CT molecular complexity index is 915. The van der Waals surface area contributed by atoms with E-state index in [0.29, 0.717) is 18.5 Å². The van der Waals surface area contributed by atoms with Crippen molar-refractivity contribution in [2.24, 2.45) is 5.92 Å². The van der Waals surface area contributed by atoms with Crippen LogP contribution in [0, 0.1) is 5.92 Å². The van der Waals surface area contributed by atoms with Gasteiger partial charge in [0.2, 0.25) is 5.88 Å². The van der Waals surface area contributed by atoms with Gasteiger partial charge in [0.1, 0.15) is 6.61 Å². The Morgan fingerprint density at radius 1 is 1.11 bits per heavy atom. The van der Waals surface area contributed by atoms with Crippen LogP contribution in [-0.4, -0.2) is 34.3 Å². The zero-order chi connectivity index (χ0) is 18.2. The fourth-order valence-electron chi connectivity index (χ4n) is 4.24. The molecule has 2 bridgehead atoms. The highest BCUT2D eigenvalue weighted by Gasteiger charge is 2.36. The summed E-state index contributed by atoms with van der Waals surface area (Å²) < 4.78 is 9.10. The minimum absolute atomic E-state index is 0.441. The maximum Gasteiger partial charge on any atom is 0.241 e. The summed E-state index contributed by atoms with van der Waals surface area (Å²) in [5, 5.41) is 4.88. The molecule has 0 aliphatic carbocycles. The number of hydrogen-bond donors (Lipinski definition) is 0. The van der Waals surface area contributed by atoms with Crippen molar-refractivity contribution in [3.63, 3.8) is 0 Å². The Morgan fingerprint density at radius 2 is 1.93 bits per heavy atom. The predicted molar refractivity (Wildman–Crippen MR) is 110 cm³/mol. The van der Waals surface area contributed by atoms with Crippen LogP contribution < -0.4 is 4.74 Å². The van der Waals surface area contributed by atoms with Crippen molar-refractivity contribution in [2.75, 3.05) is 19.6 Å². The molecule has 3 aliphatic heterocycles. The Hall–Kier alpha value is -1.82. The molecule has 0 amide bonds. The maximum absolute atomic E-state index is 6.19. The van der Waals surface area contributed by atoms with E-state index in [4.69, 9.17) is 21.4 Å². The summed E-state index contributed by atoms with van der Waals surface area (Å²) in [6.45, 7) is 4.07. The van der Waals surface area contributed by atoms with Crippen molar-refractivity contribution in [2.45, 2.75) is 25.5 Å². The topological polar surface area (TPSA) is 30.3 Å². The van der Waals surface area contributed by atoms with E-state index in [9.17, 15) is 0 Å². The van der Waals surface area contributed by atoms with Gasteiger partial charge in [-0.3, -0.25) is 4.68 Å². The molecule has 140 valence electrons. The third-order valence-corrected chi connectivity index (χ3v) is 6.98. The summed E-state index contributed by atoms with van der Waals surface area (Å²) in [6, 6.07) is 14.7. The number of ether oxygens (including phenoxy) is 1. The van der Waals surface area contributed by atoms with Crippen LogP contribution in [0.1, 0.15) is 24.4 Å². The molecule has 0 spiro atoms. The van der Waals surface area contributed by atoms with Gasteiger partial charge in [0.25, 0.3) is 0 Å². The molecule has 3 saturated heterocycles. The Balaban J connectivity index is 1.45. The Labute approximate surface area is 168 Å². The molecule has 1 unspecified atom stereocenters. The maximum atomic E-state index is 6.19. The van der Waals surface area contributed by atoms with E-state index >= 15 is 0 Å². The normalized spacial score (nSPS) is 24.3. The number of fused-ring (bicyclic) bond motifs is 3. The van der Waals surface area contributed by atoms with Gasteiger partial charge in [-0.15, -0.1) is 16.4 Å². The zero-order valence-electron chi connectivity index (χ0n) is 15.1. The van der Waals surface area contributed by atoms with Crippen molar-refractivity contribution in [1.82, 2.24) is 14.7 Å². The molecule has 0 radical (unpaired) electrons. The molecule has 1 aromatic carbocycles. The molecule has 4 nitrogen and oxygen atoms in total. The fourth-order valence-corrected chi connectivity index (χ4v) is 5.28. The van der Waals surface area contributed by atoms with E-state index in [-0.39, 0.29) is 0 Å². The van der Waals surface area contributed by atoms with Crippen LogP contribution in [0.15, 0.2) is 48.7 Å². The molecule has 3 fully saturated rings. The number of benzene rings is 1. The Morgan fingerprint density at radius 3 is 2.59 bits per heavy atom. The standard InChI is InChI=1S/C21H22ClN3OS/c22-20-7-6-19(27-20)17-12-25(18-13-24-10-8-16(18)9-11-24)23-21(17)26-14-15-4-2-1-3-5-15/h1-7,12,16,18H,8-11,13-14H2. The van der Waals surface area contributed by atoms with Crippen LogP contribution in [0.2, 0.25) is 4.34 Å². The summed E-state index contributed by atoms with van der Waals surface area (Å²) in [6.07, 6.45) is 4.70. The first-order valence-corrected chi connectivity index (χ1v) is 10.7. The average molecular weight is 400 g/mol. The van der Waals surface area contributed by atoms with E-state index in [0.717, 1.165) is 32.8 Å². The van der Waals surface area contributed by atoms with Gasteiger partial charge in [-0.05, 0) is 49.5 Å². The number of nitrogens with zero attached hydrogens (tertiary/aromatic N) is 3. The van der Waals surface area contributed by atoms with Crippen molar-refractivity contribution in [3.8, 4) is 16.3 Å². The van der Waals surface area contributed by atoms with Gasteiger partial charge in [0, 0.05) is 17.6 Å². The minimum Gasteiger partial charge on any atom is -0.471 e. The number of aromatic nitrogens is 2. The highest BCUT2D eigenvalue weighted by Crippen LogP contribution is 2.40. The lowest BCUT2D eigenvalue weighted by Gasteiger charge is -2.44. The first-order valence-electron chi connectivity index (χ1n) is 9.50. The highest BCUT2D eigenvalue weighted by molar-refractivity contribution is 7.19. The van der Waals surface area contributed by atoms with Crippen molar-refractivity contribution in [3.05, 3.63) is 58.6 Å². The summed E-state index contributed by atoms with van der Waals surface area (Å²) >= 11 is 7.76. The van der Waals surface area contributed by atoms with Crippen LogP contribution in [0.25, 0.3) is 10.4 Å². The zero-order valence-corrected chi connectivity index (χ0v) is 16.6. The molecule has 0 saturated carbocycles. The largest absolute Gasteiger partial charge is 0.471 e. The summed E-state index contributed by atoms with van der Waals surface area (Å²) in [5.74, 6) is 1.42. The van der Waals surface area contributed by atoms with Crippen molar-refractivity contribution < 1.29 is 4.74 Å². The van der Waals surface area contributed by atoms with Gasteiger partial charge < -0.3 is 9.64 Å². The molecule has 6 heteroatoms. The lowest BCUT2D eigenvalue weighted by atomic mass is 9.84.